The van der Waals surface area contributed by atoms with Gasteiger partial charge in [0, 0.05) is 0 Å². The third kappa shape index (κ3) is 2.65. The van der Waals surface area contributed by atoms with Crippen LogP contribution in [0.4, 0.5) is 4.79 Å². The number of carbonyl (C=O) groups is 1. The van der Waals surface area contributed by atoms with Crippen molar-refractivity contribution in [3.05, 3.63) is 23.8 Å². The Labute approximate surface area is 109 Å². The van der Waals surface area contributed by atoms with E-state index in [0.717, 1.165) is 9.36 Å². The highest BCUT2D eigenvalue weighted by atomic mass is 16.2. The summed E-state index contributed by atoms with van der Waals surface area (Å²) < 4.78 is 2.14. The first-order valence-electron chi connectivity index (χ1n) is 5.68. The number of nitrogens with zero attached hydrogens (tertiary/aromatic N) is 7. The van der Waals surface area contributed by atoms with Crippen molar-refractivity contribution in [2.45, 2.75) is 27.2 Å². The lowest BCUT2D eigenvalue weighted by Crippen LogP contribution is -2.25. The average molecular weight is 259 g/mol. The molecular weight excluding hydrogens is 246 g/mol. The molecule has 2 aromatic rings. The normalized spacial score (nSPS) is 11.3. The van der Waals surface area contributed by atoms with E-state index in [-0.39, 0.29) is 11.1 Å². The Balaban J connectivity index is 2.44. The fourth-order valence-electron chi connectivity index (χ4n) is 1.61. The summed E-state index contributed by atoms with van der Waals surface area (Å²) in [5.74, 6) is 0. The summed E-state index contributed by atoms with van der Waals surface area (Å²) in [7, 11) is 0. The molecule has 0 radical (unpaired) electrons. The van der Waals surface area contributed by atoms with Crippen molar-refractivity contribution in [1.82, 2.24) is 30.0 Å². The molecule has 0 atom stereocenters. The zero-order chi connectivity index (χ0) is 14.0. The zero-order valence-corrected chi connectivity index (χ0v) is 10.9. The molecule has 0 aliphatic carbocycles. The summed E-state index contributed by atoms with van der Waals surface area (Å²) in [4.78, 5) is 12.2. The first-order chi connectivity index (χ1) is 8.92. The van der Waals surface area contributed by atoms with Gasteiger partial charge in [-0.1, -0.05) is 31.2 Å². The van der Waals surface area contributed by atoms with Gasteiger partial charge in [0.05, 0.1) is 18.1 Å². The second kappa shape index (κ2) is 4.61. The third-order valence-corrected chi connectivity index (χ3v) is 2.37. The molecule has 0 aromatic carbocycles. The van der Waals surface area contributed by atoms with Gasteiger partial charge in [-0.2, -0.15) is 14.6 Å². The molecule has 2 heterocycles. The van der Waals surface area contributed by atoms with Crippen LogP contribution in [0, 0.1) is 16.7 Å². The van der Waals surface area contributed by atoms with E-state index in [4.69, 9.17) is 5.26 Å². The average Bonchev–Trinajstić information content (AvgIpc) is 2.94. The van der Waals surface area contributed by atoms with Gasteiger partial charge in [0.15, 0.2) is 5.69 Å². The molecule has 0 aliphatic rings. The van der Waals surface area contributed by atoms with Gasteiger partial charge in [0.1, 0.15) is 6.07 Å². The van der Waals surface area contributed by atoms with Crippen LogP contribution in [0.15, 0.2) is 12.4 Å². The van der Waals surface area contributed by atoms with Gasteiger partial charge < -0.3 is 0 Å². The summed E-state index contributed by atoms with van der Waals surface area (Å²) in [5, 5.41) is 23.7. The van der Waals surface area contributed by atoms with E-state index in [1.165, 1.54) is 12.4 Å². The molecule has 0 saturated carbocycles. The summed E-state index contributed by atoms with van der Waals surface area (Å²) >= 11 is 0. The van der Waals surface area contributed by atoms with Crippen molar-refractivity contribution in [3.8, 4) is 6.07 Å². The van der Waals surface area contributed by atoms with Crippen LogP contribution >= 0.6 is 0 Å². The SMILES string of the molecule is CC(C)(C)Cc1c(C#N)nnn1C(=O)n1ccnn1. The van der Waals surface area contributed by atoms with Crippen LogP contribution < -0.4 is 0 Å². The largest absolute Gasteiger partial charge is 0.372 e. The Morgan fingerprint density at radius 3 is 2.68 bits per heavy atom. The fraction of sp³-hybridized carbons (Fsp3) is 0.455. The minimum absolute atomic E-state index is 0.103. The van der Waals surface area contributed by atoms with E-state index in [2.05, 4.69) is 20.6 Å². The quantitative estimate of drug-likeness (QED) is 0.752. The second-order valence-corrected chi connectivity index (χ2v) is 5.28. The predicted molar refractivity (Wildman–Crippen MR) is 64.1 cm³/mol. The third-order valence-electron chi connectivity index (χ3n) is 2.37. The van der Waals surface area contributed by atoms with Gasteiger partial charge in [-0.25, -0.2) is 4.79 Å². The van der Waals surface area contributed by atoms with E-state index in [0.29, 0.717) is 12.1 Å². The Kier molecular flexibility index (Phi) is 3.12. The van der Waals surface area contributed by atoms with Crippen molar-refractivity contribution in [2.24, 2.45) is 5.41 Å². The van der Waals surface area contributed by atoms with Crippen molar-refractivity contribution in [2.75, 3.05) is 0 Å². The summed E-state index contributed by atoms with van der Waals surface area (Å²) in [5.41, 5.74) is 0.534. The van der Waals surface area contributed by atoms with E-state index in [1.54, 1.807) is 0 Å². The molecule has 0 amide bonds. The summed E-state index contributed by atoms with van der Waals surface area (Å²) in [6, 6.07) is 1.44. The standard InChI is InChI=1S/C11H13N7O/c1-11(2,3)6-9-8(7-12)14-16-18(9)10(19)17-5-4-13-15-17/h4-5H,6H2,1-3H3. The zero-order valence-electron chi connectivity index (χ0n) is 10.9. The lowest BCUT2D eigenvalue weighted by atomic mass is 9.90. The maximum atomic E-state index is 12.2. The highest BCUT2D eigenvalue weighted by Crippen LogP contribution is 2.21. The maximum Gasteiger partial charge on any atom is 0.372 e. The van der Waals surface area contributed by atoms with Crippen LogP contribution in [0.3, 0.4) is 0 Å². The van der Waals surface area contributed by atoms with E-state index in [1.807, 2.05) is 26.8 Å². The van der Waals surface area contributed by atoms with Gasteiger partial charge in [-0.05, 0) is 11.8 Å². The van der Waals surface area contributed by atoms with Gasteiger partial charge >= 0.3 is 6.03 Å². The highest BCUT2D eigenvalue weighted by Gasteiger charge is 2.24. The highest BCUT2D eigenvalue weighted by molar-refractivity contribution is 5.78. The van der Waals surface area contributed by atoms with Gasteiger partial charge in [0.2, 0.25) is 0 Å². The number of nitriles is 1. The Morgan fingerprint density at radius 2 is 2.16 bits per heavy atom. The molecule has 0 aliphatic heterocycles. The molecule has 8 nitrogen and oxygen atoms in total. The lowest BCUT2D eigenvalue weighted by molar-refractivity contribution is 0.235. The molecule has 0 bridgehead atoms. The molecular formula is C11H13N7O. The van der Waals surface area contributed by atoms with Crippen LogP contribution in [0.2, 0.25) is 0 Å². The van der Waals surface area contributed by atoms with Crippen LogP contribution in [0.25, 0.3) is 0 Å². The minimum atomic E-state index is -0.509. The molecule has 0 unspecified atom stereocenters. The lowest BCUT2D eigenvalue weighted by Gasteiger charge is -2.17. The van der Waals surface area contributed by atoms with Gasteiger partial charge in [-0.3, -0.25) is 0 Å². The van der Waals surface area contributed by atoms with E-state index < -0.39 is 6.03 Å². The number of hydrogen-bond donors (Lipinski definition) is 0. The number of aromatic nitrogens is 6. The van der Waals surface area contributed by atoms with E-state index >= 15 is 0 Å². The molecule has 2 rings (SSSR count). The molecule has 8 heteroatoms. The summed E-state index contributed by atoms with van der Waals surface area (Å²) in [6.45, 7) is 6.02. The Morgan fingerprint density at radius 1 is 1.42 bits per heavy atom. The topological polar surface area (TPSA) is 102 Å². The van der Waals surface area contributed by atoms with Crippen molar-refractivity contribution in [1.29, 1.82) is 5.26 Å². The first kappa shape index (κ1) is 12.9. The molecule has 0 fully saturated rings. The van der Waals surface area contributed by atoms with Crippen LogP contribution in [0.1, 0.15) is 32.2 Å². The molecule has 0 spiro atoms. The van der Waals surface area contributed by atoms with Gasteiger partial charge in [-0.15, -0.1) is 10.2 Å². The smallest absolute Gasteiger partial charge is 0.243 e. The molecule has 0 saturated heterocycles. The molecule has 2 aromatic heterocycles. The number of hydrogen-bond acceptors (Lipinski definition) is 6. The van der Waals surface area contributed by atoms with Crippen molar-refractivity contribution in [3.63, 3.8) is 0 Å². The van der Waals surface area contributed by atoms with Crippen molar-refractivity contribution < 1.29 is 4.79 Å². The van der Waals surface area contributed by atoms with E-state index in [9.17, 15) is 4.79 Å². The number of carbonyl (C=O) groups excluding carboxylic acids is 1. The fourth-order valence-corrected chi connectivity index (χ4v) is 1.61. The van der Waals surface area contributed by atoms with Crippen LogP contribution in [-0.4, -0.2) is 36.0 Å². The summed E-state index contributed by atoms with van der Waals surface area (Å²) in [6.07, 6.45) is 3.31. The van der Waals surface area contributed by atoms with Gasteiger partial charge in [0.25, 0.3) is 0 Å². The Bertz CT molecular complexity index is 627. The van der Waals surface area contributed by atoms with Crippen molar-refractivity contribution >= 4 is 6.03 Å². The molecule has 98 valence electrons. The molecule has 19 heavy (non-hydrogen) atoms. The minimum Gasteiger partial charge on any atom is -0.243 e. The van der Waals surface area contributed by atoms with Crippen LogP contribution in [-0.2, 0) is 6.42 Å². The maximum absolute atomic E-state index is 12.2. The number of rotatable bonds is 1. The second-order valence-electron chi connectivity index (χ2n) is 5.28. The first-order valence-corrected chi connectivity index (χ1v) is 5.68. The van der Waals surface area contributed by atoms with Crippen LogP contribution in [0.5, 0.6) is 0 Å². The predicted octanol–water partition coefficient (Wildman–Crippen LogP) is 0.846. The Hall–Kier alpha value is -2.56. The monoisotopic (exact) mass is 259 g/mol. The molecule has 0 N–H and O–H groups in total.